The van der Waals surface area contributed by atoms with Crippen LogP contribution in [0.25, 0.3) is 0 Å². The number of ether oxygens (including phenoxy) is 1. The lowest BCUT2D eigenvalue weighted by atomic mass is 10.2. The van der Waals surface area contributed by atoms with E-state index in [2.05, 4.69) is 17.4 Å². The van der Waals surface area contributed by atoms with Gasteiger partial charge in [0.15, 0.2) is 0 Å². The minimum atomic E-state index is -0.979. The summed E-state index contributed by atoms with van der Waals surface area (Å²) in [5.41, 5.74) is 1.25. The van der Waals surface area contributed by atoms with E-state index in [1.54, 1.807) is 0 Å². The first-order valence-corrected chi connectivity index (χ1v) is 5.89. The summed E-state index contributed by atoms with van der Waals surface area (Å²) in [5.74, 6) is 0. The van der Waals surface area contributed by atoms with E-state index in [4.69, 9.17) is 9.84 Å². The fraction of sp³-hybridized carbons (Fsp3) is 0.538. The van der Waals surface area contributed by atoms with Gasteiger partial charge in [0.05, 0.1) is 6.61 Å². The first-order valence-electron chi connectivity index (χ1n) is 5.89. The molecule has 0 radical (unpaired) electrons. The number of aliphatic hydroxyl groups is 1. The van der Waals surface area contributed by atoms with Crippen molar-refractivity contribution in [2.75, 3.05) is 26.4 Å². The lowest BCUT2D eigenvalue weighted by Gasteiger charge is -2.08. The van der Waals surface area contributed by atoms with E-state index < -0.39 is 12.8 Å². The van der Waals surface area contributed by atoms with Crippen LogP contribution in [-0.4, -0.2) is 37.6 Å². The first-order chi connectivity index (χ1) is 8.33. The number of aliphatic hydroxyl groups excluding tert-OH is 1. The number of benzene rings is 1. The Bertz CT molecular complexity index is 282. The van der Waals surface area contributed by atoms with Crippen LogP contribution in [0.3, 0.4) is 0 Å². The quantitative estimate of drug-likeness (QED) is 0.644. The SMILES string of the molecule is OC(CF)COCCCNCc1ccccc1. The minimum Gasteiger partial charge on any atom is -0.388 e. The summed E-state index contributed by atoms with van der Waals surface area (Å²) in [4.78, 5) is 0. The lowest BCUT2D eigenvalue weighted by Crippen LogP contribution is -2.20. The highest BCUT2D eigenvalue weighted by molar-refractivity contribution is 5.14. The molecule has 0 bridgehead atoms. The molecule has 0 saturated heterocycles. The Labute approximate surface area is 102 Å². The highest BCUT2D eigenvalue weighted by Gasteiger charge is 2.01. The smallest absolute Gasteiger partial charge is 0.118 e. The summed E-state index contributed by atoms with van der Waals surface area (Å²) >= 11 is 0. The van der Waals surface area contributed by atoms with E-state index in [-0.39, 0.29) is 6.61 Å². The second-order valence-corrected chi connectivity index (χ2v) is 3.90. The maximum atomic E-state index is 11.9. The second-order valence-electron chi connectivity index (χ2n) is 3.90. The third-order valence-corrected chi connectivity index (χ3v) is 2.30. The molecule has 0 amide bonds. The molecule has 1 aromatic rings. The predicted octanol–water partition coefficient (Wildman–Crippen LogP) is 1.51. The first kappa shape index (κ1) is 14.1. The van der Waals surface area contributed by atoms with Gasteiger partial charge in [0, 0.05) is 13.2 Å². The van der Waals surface area contributed by atoms with E-state index in [0.29, 0.717) is 6.61 Å². The molecule has 1 rings (SSSR count). The fourth-order valence-electron chi connectivity index (χ4n) is 1.39. The van der Waals surface area contributed by atoms with Gasteiger partial charge < -0.3 is 15.2 Å². The molecule has 0 aliphatic heterocycles. The zero-order chi connectivity index (χ0) is 12.3. The van der Waals surface area contributed by atoms with E-state index in [1.807, 2.05) is 18.2 Å². The standard InChI is InChI=1S/C13H20FNO2/c14-9-13(16)11-17-8-4-7-15-10-12-5-2-1-3-6-12/h1-3,5-6,13,15-16H,4,7-11H2. The van der Waals surface area contributed by atoms with Crippen molar-refractivity contribution in [3.05, 3.63) is 35.9 Å². The Kier molecular flexibility index (Phi) is 7.54. The monoisotopic (exact) mass is 241 g/mol. The molecular formula is C13H20FNO2. The molecule has 0 aliphatic carbocycles. The molecule has 96 valence electrons. The highest BCUT2D eigenvalue weighted by atomic mass is 19.1. The van der Waals surface area contributed by atoms with Crippen LogP contribution < -0.4 is 5.32 Å². The minimum absolute atomic E-state index is 0.0786. The highest BCUT2D eigenvalue weighted by Crippen LogP contribution is 1.97. The summed E-state index contributed by atoms with van der Waals surface area (Å²) < 4.78 is 17.0. The van der Waals surface area contributed by atoms with Gasteiger partial charge in [-0.05, 0) is 18.5 Å². The van der Waals surface area contributed by atoms with Crippen LogP contribution in [-0.2, 0) is 11.3 Å². The van der Waals surface area contributed by atoms with Gasteiger partial charge in [0.1, 0.15) is 12.8 Å². The molecule has 0 spiro atoms. The Morgan fingerprint density at radius 1 is 1.29 bits per heavy atom. The number of nitrogens with one attached hydrogen (secondary N) is 1. The van der Waals surface area contributed by atoms with Crippen LogP contribution in [0.4, 0.5) is 4.39 Å². The number of alkyl halides is 1. The van der Waals surface area contributed by atoms with Gasteiger partial charge in [0.2, 0.25) is 0 Å². The topological polar surface area (TPSA) is 41.5 Å². The van der Waals surface area contributed by atoms with Gasteiger partial charge in [-0.15, -0.1) is 0 Å². The normalized spacial score (nSPS) is 12.6. The summed E-state index contributed by atoms with van der Waals surface area (Å²) in [7, 11) is 0. The van der Waals surface area contributed by atoms with Gasteiger partial charge in [-0.3, -0.25) is 0 Å². The van der Waals surface area contributed by atoms with Gasteiger partial charge in [0.25, 0.3) is 0 Å². The van der Waals surface area contributed by atoms with Crippen LogP contribution in [0, 0.1) is 0 Å². The van der Waals surface area contributed by atoms with Crippen molar-refractivity contribution in [1.29, 1.82) is 0 Å². The zero-order valence-corrected chi connectivity index (χ0v) is 9.94. The Morgan fingerprint density at radius 2 is 2.06 bits per heavy atom. The van der Waals surface area contributed by atoms with Crippen molar-refractivity contribution in [3.63, 3.8) is 0 Å². The average molecular weight is 241 g/mol. The van der Waals surface area contributed by atoms with Gasteiger partial charge in [-0.2, -0.15) is 0 Å². The third kappa shape index (κ3) is 7.05. The van der Waals surface area contributed by atoms with Gasteiger partial charge >= 0.3 is 0 Å². The molecule has 3 nitrogen and oxygen atoms in total. The number of rotatable bonds is 9. The van der Waals surface area contributed by atoms with E-state index in [0.717, 1.165) is 19.5 Å². The van der Waals surface area contributed by atoms with E-state index in [1.165, 1.54) is 5.56 Å². The molecule has 0 saturated carbocycles. The second kappa shape index (κ2) is 9.10. The largest absolute Gasteiger partial charge is 0.388 e. The molecule has 0 fully saturated rings. The third-order valence-electron chi connectivity index (χ3n) is 2.30. The van der Waals surface area contributed by atoms with Crippen molar-refractivity contribution in [2.24, 2.45) is 0 Å². The molecular weight excluding hydrogens is 221 g/mol. The van der Waals surface area contributed by atoms with E-state index in [9.17, 15) is 4.39 Å². The van der Waals surface area contributed by atoms with Crippen molar-refractivity contribution in [3.8, 4) is 0 Å². The predicted molar refractivity (Wildman–Crippen MR) is 65.6 cm³/mol. The number of hydrogen-bond donors (Lipinski definition) is 2. The summed E-state index contributed by atoms with van der Waals surface area (Å²) in [6, 6.07) is 10.2. The van der Waals surface area contributed by atoms with E-state index >= 15 is 0 Å². The molecule has 4 heteroatoms. The zero-order valence-electron chi connectivity index (χ0n) is 9.94. The molecule has 1 atom stereocenters. The van der Waals surface area contributed by atoms with Crippen molar-refractivity contribution in [1.82, 2.24) is 5.32 Å². The van der Waals surface area contributed by atoms with Gasteiger partial charge in [-0.1, -0.05) is 30.3 Å². The summed E-state index contributed by atoms with van der Waals surface area (Å²) in [6.45, 7) is 1.56. The molecule has 1 unspecified atom stereocenters. The molecule has 0 heterocycles. The van der Waals surface area contributed by atoms with Crippen molar-refractivity contribution < 1.29 is 14.2 Å². The lowest BCUT2D eigenvalue weighted by molar-refractivity contribution is 0.0235. The van der Waals surface area contributed by atoms with Gasteiger partial charge in [-0.25, -0.2) is 4.39 Å². The molecule has 0 aliphatic rings. The summed E-state index contributed by atoms with van der Waals surface area (Å²) in [5, 5.41) is 12.2. The number of halogens is 1. The van der Waals surface area contributed by atoms with Crippen molar-refractivity contribution in [2.45, 2.75) is 19.1 Å². The maximum Gasteiger partial charge on any atom is 0.118 e. The molecule has 2 N–H and O–H groups in total. The Morgan fingerprint density at radius 3 is 2.76 bits per heavy atom. The molecule has 17 heavy (non-hydrogen) atoms. The van der Waals surface area contributed by atoms with Crippen LogP contribution in [0.1, 0.15) is 12.0 Å². The van der Waals surface area contributed by atoms with Crippen LogP contribution in [0.15, 0.2) is 30.3 Å². The Hall–Kier alpha value is -0.970. The van der Waals surface area contributed by atoms with Crippen molar-refractivity contribution >= 4 is 0 Å². The molecule has 1 aromatic carbocycles. The Balaban J connectivity index is 1.91. The fourth-order valence-corrected chi connectivity index (χ4v) is 1.39. The molecule has 0 aromatic heterocycles. The summed E-state index contributed by atoms with van der Waals surface area (Å²) in [6.07, 6.45) is -0.126. The number of hydrogen-bond acceptors (Lipinski definition) is 3. The average Bonchev–Trinajstić information content (AvgIpc) is 2.38. The van der Waals surface area contributed by atoms with Crippen LogP contribution in [0.2, 0.25) is 0 Å². The van der Waals surface area contributed by atoms with Crippen LogP contribution >= 0.6 is 0 Å². The van der Waals surface area contributed by atoms with Crippen LogP contribution in [0.5, 0.6) is 0 Å². The maximum absolute atomic E-state index is 11.9.